The van der Waals surface area contributed by atoms with E-state index in [2.05, 4.69) is 50.5 Å². The lowest BCUT2D eigenvalue weighted by atomic mass is 10.0. The number of hydrogen-bond acceptors (Lipinski definition) is 7. The van der Waals surface area contributed by atoms with Crippen molar-refractivity contribution >= 4 is 28.3 Å². The number of anilines is 2. The number of aromatic nitrogens is 4. The third kappa shape index (κ3) is 4.92. The maximum Gasteiger partial charge on any atom is 0.349 e. The first-order chi connectivity index (χ1) is 20.0. The zero-order valence-electron chi connectivity index (χ0n) is 24.0. The van der Waals surface area contributed by atoms with Gasteiger partial charge in [0.2, 0.25) is 5.91 Å². The molecular weight excluding hydrogens is 516 g/mol. The third-order valence-corrected chi connectivity index (χ3v) is 9.61. The Hall–Kier alpha value is -3.66. The van der Waals surface area contributed by atoms with Gasteiger partial charge in [0, 0.05) is 68.5 Å². The highest BCUT2D eigenvalue weighted by Crippen LogP contribution is 2.36. The van der Waals surface area contributed by atoms with Crippen LogP contribution >= 0.6 is 0 Å². The van der Waals surface area contributed by atoms with Gasteiger partial charge in [-0.05, 0) is 69.2 Å². The highest BCUT2D eigenvalue weighted by atomic mass is 16.2. The van der Waals surface area contributed by atoms with Crippen LogP contribution in [0.5, 0.6) is 0 Å². The van der Waals surface area contributed by atoms with Crippen LogP contribution < -0.4 is 15.5 Å². The van der Waals surface area contributed by atoms with Gasteiger partial charge in [-0.15, -0.1) is 0 Å². The van der Waals surface area contributed by atoms with Crippen molar-refractivity contribution in [2.24, 2.45) is 5.92 Å². The minimum atomic E-state index is -0.151. The number of nitrogens with one attached hydrogen (secondary N) is 1. The number of rotatable bonds is 7. The van der Waals surface area contributed by atoms with Crippen molar-refractivity contribution in [3.05, 3.63) is 58.3 Å². The molecule has 5 heterocycles. The Balaban J connectivity index is 1.25. The topological polar surface area (TPSA) is 93.6 Å². The molecule has 2 saturated heterocycles. The van der Waals surface area contributed by atoms with Crippen molar-refractivity contribution in [1.29, 1.82) is 0 Å². The molecule has 0 radical (unpaired) electrons. The molecule has 10 heteroatoms. The molecule has 0 bridgehead atoms. The molecular formula is C31H40N8O2. The molecule has 7 rings (SSSR count). The SMILES string of the molecule is C=CC(=O)N1CCN(c2nc(=O)n(C[C@@H]3CCCN3CC3CC3)c3c2CCN(c2c(C)ccc4[nH]ncc24)C3)CC1. The van der Waals surface area contributed by atoms with Crippen LogP contribution in [-0.4, -0.2) is 87.3 Å². The summed E-state index contributed by atoms with van der Waals surface area (Å²) in [7, 11) is 0. The Morgan fingerprint density at radius 3 is 2.68 bits per heavy atom. The van der Waals surface area contributed by atoms with E-state index in [1.165, 1.54) is 42.2 Å². The smallest absolute Gasteiger partial charge is 0.349 e. The summed E-state index contributed by atoms with van der Waals surface area (Å²) in [5, 5.41) is 8.55. The van der Waals surface area contributed by atoms with Crippen molar-refractivity contribution in [2.45, 2.75) is 58.2 Å². The number of piperazine rings is 1. The monoisotopic (exact) mass is 556 g/mol. The summed E-state index contributed by atoms with van der Waals surface area (Å²) in [4.78, 5) is 39.9. The second-order valence-corrected chi connectivity index (χ2v) is 12.2. The number of fused-ring (bicyclic) bond motifs is 2. The standard InChI is InChI=1S/C31H40N8O2/c1-3-28(40)35-13-15-36(16-14-35)30-24-10-12-38(29-21(2)6-9-26-25(29)17-32-34-26)20-27(24)39(31(41)33-30)19-23-5-4-11-37(23)18-22-7-8-22/h3,6,9,17,22-23H,1,4-5,7-8,10-16,18-20H2,2H3,(H,32,34)/t23-/m0/s1. The van der Waals surface area contributed by atoms with E-state index in [0.717, 1.165) is 60.8 Å². The van der Waals surface area contributed by atoms with Crippen LogP contribution in [0.3, 0.4) is 0 Å². The summed E-state index contributed by atoms with van der Waals surface area (Å²) in [6.45, 7) is 12.8. The molecule has 1 N–H and O–H groups in total. The third-order valence-electron chi connectivity index (χ3n) is 9.61. The van der Waals surface area contributed by atoms with Crippen LogP contribution in [0.2, 0.25) is 0 Å². The normalized spacial score (nSPS) is 21.5. The molecule has 1 aliphatic carbocycles. The molecule has 1 saturated carbocycles. The van der Waals surface area contributed by atoms with Gasteiger partial charge in [-0.1, -0.05) is 12.6 Å². The summed E-state index contributed by atoms with van der Waals surface area (Å²) in [6, 6.07) is 4.62. The molecule has 41 heavy (non-hydrogen) atoms. The molecule has 0 unspecified atom stereocenters. The molecule has 216 valence electrons. The van der Waals surface area contributed by atoms with E-state index in [1.807, 2.05) is 15.7 Å². The largest absolute Gasteiger partial charge is 0.365 e. The molecule has 4 aliphatic rings. The van der Waals surface area contributed by atoms with E-state index in [1.54, 1.807) is 0 Å². The predicted molar refractivity (Wildman–Crippen MR) is 160 cm³/mol. The van der Waals surface area contributed by atoms with Crippen molar-refractivity contribution in [2.75, 3.05) is 55.6 Å². The molecule has 3 aliphatic heterocycles. The Kier molecular flexibility index (Phi) is 6.81. The highest BCUT2D eigenvalue weighted by molar-refractivity contribution is 5.93. The minimum Gasteiger partial charge on any atom is -0.365 e. The molecule has 10 nitrogen and oxygen atoms in total. The first-order valence-electron chi connectivity index (χ1n) is 15.2. The van der Waals surface area contributed by atoms with Gasteiger partial charge in [0.1, 0.15) is 5.82 Å². The average molecular weight is 557 g/mol. The van der Waals surface area contributed by atoms with Crippen LogP contribution in [0.1, 0.15) is 42.5 Å². The zero-order chi connectivity index (χ0) is 28.1. The Morgan fingerprint density at radius 1 is 1.07 bits per heavy atom. The van der Waals surface area contributed by atoms with Crippen LogP contribution in [-0.2, 0) is 24.3 Å². The first-order valence-corrected chi connectivity index (χ1v) is 15.2. The number of nitrogens with zero attached hydrogens (tertiary/aromatic N) is 7. The predicted octanol–water partition coefficient (Wildman–Crippen LogP) is 2.70. The van der Waals surface area contributed by atoms with E-state index in [9.17, 15) is 9.59 Å². The van der Waals surface area contributed by atoms with Gasteiger partial charge in [0.25, 0.3) is 0 Å². The van der Waals surface area contributed by atoms with Crippen LogP contribution in [0, 0.1) is 12.8 Å². The van der Waals surface area contributed by atoms with Gasteiger partial charge >= 0.3 is 5.69 Å². The minimum absolute atomic E-state index is 0.0400. The number of H-pyrrole nitrogens is 1. The first kappa shape index (κ1) is 26.3. The lowest BCUT2D eigenvalue weighted by molar-refractivity contribution is -0.126. The second kappa shape index (κ2) is 10.6. The van der Waals surface area contributed by atoms with Crippen molar-refractivity contribution in [1.82, 2.24) is 29.5 Å². The van der Waals surface area contributed by atoms with E-state index in [-0.39, 0.29) is 11.6 Å². The van der Waals surface area contributed by atoms with Gasteiger partial charge in [0.15, 0.2) is 0 Å². The number of amides is 1. The molecule has 1 amide bonds. The Morgan fingerprint density at radius 2 is 1.90 bits per heavy atom. The lowest BCUT2D eigenvalue weighted by Crippen LogP contribution is -2.50. The van der Waals surface area contributed by atoms with Crippen molar-refractivity contribution in [3.63, 3.8) is 0 Å². The second-order valence-electron chi connectivity index (χ2n) is 12.2. The molecule has 3 aromatic rings. The highest BCUT2D eigenvalue weighted by Gasteiger charge is 2.34. The van der Waals surface area contributed by atoms with Crippen molar-refractivity contribution < 1.29 is 4.79 Å². The van der Waals surface area contributed by atoms with E-state index >= 15 is 0 Å². The van der Waals surface area contributed by atoms with Gasteiger partial charge < -0.3 is 14.7 Å². The average Bonchev–Trinajstić information content (AvgIpc) is 3.49. The maximum atomic E-state index is 13.9. The number of aromatic amines is 1. The Labute approximate surface area is 240 Å². The summed E-state index contributed by atoms with van der Waals surface area (Å²) in [5.41, 5.74) is 5.55. The fourth-order valence-electron chi connectivity index (χ4n) is 7.19. The van der Waals surface area contributed by atoms with Crippen LogP contribution in [0.15, 0.2) is 35.8 Å². The van der Waals surface area contributed by atoms with Crippen molar-refractivity contribution in [3.8, 4) is 0 Å². The molecule has 1 aromatic carbocycles. The number of aryl methyl sites for hydroxylation is 1. The summed E-state index contributed by atoms with van der Waals surface area (Å²) < 4.78 is 2.00. The summed E-state index contributed by atoms with van der Waals surface area (Å²) in [5.74, 6) is 1.61. The maximum absolute atomic E-state index is 13.9. The lowest BCUT2D eigenvalue weighted by Gasteiger charge is -2.39. The number of carbonyl (C=O) groups excluding carboxylic acids is 1. The number of hydrogen-bond donors (Lipinski definition) is 1. The number of likely N-dealkylation sites (tertiary alicyclic amines) is 1. The summed E-state index contributed by atoms with van der Waals surface area (Å²) >= 11 is 0. The molecule has 2 aromatic heterocycles. The number of carbonyl (C=O) groups is 1. The van der Waals surface area contributed by atoms with Gasteiger partial charge in [-0.3, -0.25) is 19.4 Å². The van der Waals surface area contributed by atoms with Gasteiger partial charge in [0.05, 0.1) is 23.9 Å². The fourth-order valence-corrected chi connectivity index (χ4v) is 7.19. The van der Waals surface area contributed by atoms with E-state index < -0.39 is 0 Å². The van der Waals surface area contributed by atoms with Crippen LogP contribution in [0.4, 0.5) is 11.5 Å². The molecule has 0 spiro atoms. The van der Waals surface area contributed by atoms with E-state index in [4.69, 9.17) is 4.98 Å². The summed E-state index contributed by atoms with van der Waals surface area (Å²) in [6.07, 6.45) is 9.12. The zero-order valence-corrected chi connectivity index (χ0v) is 24.0. The Bertz CT molecular complexity index is 1530. The fraction of sp³-hybridized carbons (Fsp3) is 0.548. The van der Waals surface area contributed by atoms with Gasteiger partial charge in [-0.2, -0.15) is 10.1 Å². The van der Waals surface area contributed by atoms with E-state index in [0.29, 0.717) is 45.3 Å². The van der Waals surface area contributed by atoms with Crippen LogP contribution in [0.25, 0.3) is 10.9 Å². The quantitative estimate of drug-likeness (QED) is 0.448. The molecule has 3 fully saturated rings. The molecule has 1 atom stereocenters. The number of benzene rings is 1. The van der Waals surface area contributed by atoms with Gasteiger partial charge in [-0.25, -0.2) is 4.79 Å².